The van der Waals surface area contributed by atoms with Gasteiger partial charge in [-0.05, 0) is 31.5 Å². The molecule has 1 amide bonds. The lowest BCUT2D eigenvalue weighted by Crippen LogP contribution is -2.27. The number of carbonyl (C=O) groups excluding carboxylic acids is 2. The Morgan fingerprint density at radius 2 is 2.10 bits per heavy atom. The first-order valence-corrected chi connectivity index (χ1v) is 8.95. The largest absolute Gasteiger partial charge is 0.468 e. The number of amides is 1. The lowest BCUT2D eigenvalue weighted by Gasteiger charge is -2.25. The molecule has 1 aliphatic rings. The van der Waals surface area contributed by atoms with Crippen LogP contribution in [0.2, 0.25) is 0 Å². The van der Waals surface area contributed by atoms with Gasteiger partial charge in [0.15, 0.2) is 12.3 Å². The maximum Gasteiger partial charge on any atom is 0.422 e. The van der Waals surface area contributed by atoms with Crippen LogP contribution in [0.1, 0.15) is 50.5 Å². The third kappa shape index (κ3) is 4.32. The molecule has 29 heavy (non-hydrogen) atoms. The van der Waals surface area contributed by atoms with Crippen molar-refractivity contribution in [1.29, 1.82) is 0 Å². The van der Waals surface area contributed by atoms with Crippen molar-refractivity contribution in [3.63, 3.8) is 0 Å². The number of ether oxygens (including phenoxy) is 1. The second-order valence-electron chi connectivity index (χ2n) is 6.49. The Balaban J connectivity index is 1.82. The van der Waals surface area contributed by atoms with Crippen molar-refractivity contribution in [1.82, 2.24) is 14.9 Å². The van der Waals surface area contributed by atoms with Crippen molar-refractivity contribution in [3.05, 3.63) is 52.5 Å². The van der Waals surface area contributed by atoms with Gasteiger partial charge < -0.3 is 14.2 Å². The molecule has 0 bridgehead atoms. The molecule has 1 aliphatic heterocycles. The van der Waals surface area contributed by atoms with Crippen LogP contribution in [0.3, 0.4) is 0 Å². The summed E-state index contributed by atoms with van der Waals surface area (Å²) >= 11 is 0. The number of aromatic nitrogens is 2. The maximum absolute atomic E-state index is 12.8. The molecule has 7 nitrogen and oxygen atoms in total. The van der Waals surface area contributed by atoms with Crippen LogP contribution in [0, 0.1) is 6.92 Å². The summed E-state index contributed by atoms with van der Waals surface area (Å²) in [4.78, 5) is 34.2. The van der Waals surface area contributed by atoms with Crippen molar-refractivity contribution in [3.8, 4) is 5.88 Å². The minimum atomic E-state index is -4.46. The van der Waals surface area contributed by atoms with Gasteiger partial charge >= 0.3 is 12.1 Å². The van der Waals surface area contributed by atoms with Crippen molar-refractivity contribution >= 4 is 21.3 Å². The molecule has 2 aromatic rings. The van der Waals surface area contributed by atoms with Gasteiger partial charge in [0.2, 0.25) is 5.88 Å². The zero-order valence-corrected chi connectivity index (χ0v) is 16.6. The van der Waals surface area contributed by atoms with E-state index in [-0.39, 0.29) is 24.0 Å². The summed E-state index contributed by atoms with van der Waals surface area (Å²) in [6, 6.07) is 2.70. The second kappa shape index (κ2) is 7.94. The van der Waals surface area contributed by atoms with Crippen LogP contribution in [-0.2, 0) is 11.1 Å². The number of rotatable bonds is 5. The third-order valence-corrected chi connectivity index (χ3v) is 4.76. The van der Waals surface area contributed by atoms with Crippen LogP contribution in [0.5, 0.6) is 5.88 Å². The number of fused-ring (bicyclic) bond motifs is 1. The highest BCUT2D eigenvalue weighted by atomic mass is 31.0. The fourth-order valence-electron chi connectivity index (χ4n) is 3.09. The monoisotopic (exact) mass is 427 g/mol. The Labute approximate surface area is 166 Å². The normalized spacial score (nSPS) is 14.6. The summed E-state index contributed by atoms with van der Waals surface area (Å²) in [6.45, 7) is 2.05. The van der Waals surface area contributed by atoms with E-state index in [0.717, 1.165) is 0 Å². The number of aryl methyl sites for hydroxylation is 1. The molecule has 0 saturated heterocycles. The van der Waals surface area contributed by atoms with E-state index in [2.05, 4.69) is 14.5 Å². The highest BCUT2D eigenvalue weighted by molar-refractivity contribution is 7.10. The van der Waals surface area contributed by atoms with Gasteiger partial charge in [0.05, 0.1) is 15.5 Å². The average molecular weight is 427 g/mol. The summed E-state index contributed by atoms with van der Waals surface area (Å²) in [5.41, 5.74) is 1.91. The second-order valence-corrected chi connectivity index (χ2v) is 6.73. The van der Waals surface area contributed by atoms with Crippen LogP contribution < -0.4 is 4.74 Å². The molecule has 11 heteroatoms. The first-order valence-electron chi connectivity index (χ1n) is 8.48. The van der Waals surface area contributed by atoms with Crippen molar-refractivity contribution in [2.45, 2.75) is 32.6 Å². The van der Waals surface area contributed by atoms with Gasteiger partial charge in [-0.25, -0.2) is 14.8 Å². The number of alkyl halides is 3. The Morgan fingerprint density at radius 1 is 1.38 bits per heavy atom. The van der Waals surface area contributed by atoms with Gasteiger partial charge in [0, 0.05) is 35.6 Å². The van der Waals surface area contributed by atoms with Gasteiger partial charge in [-0.1, -0.05) is 0 Å². The van der Waals surface area contributed by atoms with E-state index in [1.807, 2.05) is 9.47 Å². The summed E-state index contributed by atoms with van der Waals surface area (Å²) in [7, 11) is 1.85. The number of halogens is 3. The molecule has 3 rings (SSSR count). The summed E-state index contributed by atoms with van der Waals surface area (Å²) < 4.78 is 46.4. The highest BCUT2D eigenvalue weighted by Crippen LogP contribution is 2.33. The lowest BCUT2D eigenvalue weighted by molar-refractivity contribution is -0.154. The molecule has 2 atom stereocenters. The van der Waals surface area contributed by atoms with Crippen LogP contribution in [0.4, 0.5) is 13.2 Å². The smallest absolute Gasteiger partial charge is 0.422 e. The Hall–Kier alpha value is -2.74. The Morgan fingerprint density at radius 3 is 2.72 bits per heavy atom. The molecular formula is C18H17F3N3O4P. The first kappa shape index (κ1) is 21.0. The van der Waals surface area contributed by atoms with Gasteiger partial charge in [-0.15, -0.1) is 0 Å². The van der Waals surface area contributed by atoms with E-state index in [1.165, 1.54) is 23.4 Å². The number of carbonyl (C=O) groups is 2. The predicted molar refractivity (Wildman–Crippen MR) is 98.2 cm³/mol. The van der Waals surface area contributed by atoms with Crippen molar-refractivity contribution in [2.75, 3.05) is 6.61 Å². The third-order valence-electron chi connectivity index (χ3n) is 4.55. The molecule has 2 unspecified atom stereocenters. The van der Waals surface area contributed by atoms with Gasteiger partial charge in [-0.2, -0.15) is 13.2 Å². The molecule has 0 aromatic carbocycles. The van der Waals surface area contributed by atoms with Crippen LogP contribution in [-0.4, -0.2) is 39.5 Å². The van der Waals surface area contributed by atoms with E-state index in [0.29, 0.717) is 22.3 Å². The van der Waals surface area contributed by atoms with Gasteiger partial charge in [0.1, 0.15) is 0 Å². The molecule has 0 aliphatic carbocycles. The number of hydrogen-bond acceptors (Lipinski definition) is 6. The molecule has 154 valence electrons. The van der Waals surface area contributed by atoms with Crippen LogP contribution >= 0.6 is 9.47 Å². The van der Waals surface area contributed by atoms with E-state index in [4.69, 9.17) is 4.74 Å². The van der Waals surface area contributed by atoms with Crippen LogP contribution in [0.15, 0.2) is 24.5 Å². The minimum Gasteiger partial charge on any atom is -0.468 e. The molecule has 0 fully saturated rings. The number of pyridine rings is 2. The van der Waals surface area contributed by atoms with E-state index < -0.39 is 24.8 Å². The molecule has 0 radical (unpaired) electrons. The lowest BCUT2D eigenvalue weighted by atomic mass is 10.1. The van der Waals surface area contributed by atoms with Gasteiger partial charge in [0.25, 0.3) is 5.91 Å². The zero-order valence-electron chi connectivity index (χ0n) is 15.5. The molecule has 3 heterocycles. The maximum atomic E-state index is 12.8. The molecule has 0 saturated carbocycles. The first-order chi connectivity index (χ1) is 13.6. The van der Waals surface area contributed by atoms with Crippen LogP contribution in [0.25, 0.3) is 0 Å². The van der Waals surface area contributed by atoms with Gasteiger partial charge in [-0.3, -0.25) is 4.79 Å². The zero-order chi connectivity index (χ0) is 21.3. The fraction of sp³-hybridized carbons (Fsp3) is 0.333. The molecule has 2 aromatic heterocycles. The van der Waals surface area contributed by atoms with E-state index >= 15 is 0 Å². The average Bonchev–Trinajstić information content (AvgIpc) is 3.02. The minimum absolute atomic E-state index is 0.0609. The molecular weight excluding hydrogens is 410 g/mol. The molecule has 0 spiro atoms. The van der Waals surface area contributed by atoms with E-state index in [1.54, 1.807) is 19.9 Å². The Bertz CT molecular complexity index is 968. The standard InChI is InChI=1S/C18H17F3N3O4P/c1-9-5-11(6-23-15(9)27-8-18(19,20)21)10(2)24-7-13-12(16(24)25)3-4-22-14(13)17(26)28-29/h3-6,10H,7-8,29H2,1-2H3. The van der Waals surface area contributed by atoms with Crippen molar-refractivity contribution in [2.24, 2.45) is 0 Å². The highest BCUT2D eigenvalue weighted by Gasteiger charge is 2.35. The number of nitrogens with zero attached hydrogens (tertiary/aromatic N) is 3. The topological polar surface area (TPSA) is 81.6 Å². The summed E-state index contributed by atoms with van der Waals surface area (Å²) in [5.74, 6) is -1.08. The summed E-state index contributed by atoms with van der Waals surface area (Å²) in [6.07, 6.45) is -1.73. The number of hydrogen-bond donors (Lipinski definition) is 0. The van der Waals surface area contributed by atoms with E-state index in [9.17, 15) is 22.8 Å². The quantitative estimate of drug-likeness (QED) is 0.681. The Kier molecular flexibility index (Phi) is 5.75. The van der Waals surface area contributed by atoms with Crippen molar-refractivity contribution < 1.29 is 32.0 Å². The molecule has 0 N–H and O–H groups in total. The SMILES string of the molecule is Cc1cc(C(C)N2Cc3c(ccnc3C(=O)OP)C2=O)cnc1OCC(F)(F)F. The summed E-state index contributed by atoms with van der Waals surface area (Å²) in [5, 5.41) is 0. The predicted octanol–water partition coefficient (Wildman–Crippen LogP) is 3.39. The fourth-order valence-corrected chi connectivity index (χ4v) is 3.20.